The summed E-state index contributed by atoms with van der Waals surface area (Å²) in [6.07, 6.45) is 2.53. The Morgan fingerprint density at radius 3 is 1.70 bits per heavy atom. The van der Waals surface area contributed by atoms with E-state index in [0.29, 0.717) is 111 Å². The molecule has 0 aromatic carbocycles. The number of allylic oxidation sites excluding steroid dienone is 4. The van der Waals surface area contributed by atoms with E-state index in [0.717, 1.165) is 33.4 Å². The van der Waals surface area contributed by atoms with Crippen molar-refractivity contribution in [1.29, 1.82) is 0 Å². The predicted octanol–water partition coefficient (Wildman–Crippen LogP) is 3.74. The fraction of sp³-hybridized carbons (Fsp3) is 0.435. The van der Waals surface area contributed by atoms with Gasteiger partial charge in [0, 0.05) is 37.0 Å². The number of guanidine groups is 2. The zero-order valence-electron chi connectivity index (χ0n) is 37.7. The molecule has 0 spiro atoms. The molecule has 2 aliphatic heterocycles. The Labute approximate surface area is 371 Å². The highest BCUT2D eigenvalue weighted by Gasteiger charge is 2.27. The monoisotopic (exact) mass is 881 g/mol. The third-order valence-corrected chi connectivity index (χ3v) is 12.1. The van der Waals surface area contributed by atoms with Gasteiger partial charge in [-0.3, -0.25) is 19.6 Å². The van der Waals surface area contributed by atoms with Gasteiger partial charge in [0.25, 0.3) is 0 Å². The van der Waals surface area contributed by atoms with Crippen LogP contribution in [0.2, 0.25) is 0 Å². The zero-order chi connectivity index (χ0) is 47.2. The van der Waals surface area contributed by atoms with Crippen molar-refractivity contribution in [3.05, 3.63) is 67.6 Å². The molecular weight excluding hydrogens is 817 g/mol. The normalized spacial score (nSPS) is 14.6. The maximum Gasteiger partial charge on any atom is 0.303 e. The molecule has 18 N–H and O–H groups in total. The molecule has 0 amide bonds. The predicted molar refractivity (Wildman–Crippen MR) is 255 cm³/mol. The van der Waals surface area contributed by atoms with E-state index in [1.54, 1.807) is 0 Å². The van der Waals surface area contributed by atoms with Crippen LogP contribution in [0.3, 0.4) is 0 Å². The van der Waals surface area contributed by atoms with E-state index in [-0.39, 0.29) is 55.7 Å². The maximum atomic E-state index is 12.5. The second kappa shape index (κ2) is 20.7. The van der Waals surface area contributed by atoms with E-state index in [1.165, 1.54) is 0 Å². The van der Waals surface area contributed by atoms with Crippen LogP contribution >= 0.6 is 0 Å². The first-order valence-electron chi connectivity index (χ1n) is 21.7. The second-order valence-electron chi connectivity index (χ2n) is 16.3. The molecule has 0 saturated heterocycles. The Morgan fingerprint density at radius 1 is 0.641 bits per heavy atom. The molecule has 0 radical (unpaired) electrons. The summed E-state index contributed by atoms with van der Waals surface area (Å²) in [5, 5.41) is 45.2. The molecule has 18 heteroatoms. The number of carboxylic acid groups (broad SMARTS) is 2. The van der Waals surface area contributed by atoms with Crippen molar-refractivity contribution in [1.82, 2.24) is 19.9 Å². The van der Waals surface area contributed by atoms with Crippen molar-refractivity contribution >= 4 is 79.7 Å². The summed E-state index contributed by atoms with van der Waals surface area (Å²) in [6, 6.07) is 1.96. The van der Waals surface area contributed by atoms with E-state index < -0.39 is 24.0 Å². The van der Waals surface area contributed by atoms with Gasteiger partial charge in [0.05, 0.1) is 56.3 Å². The summed E-state index contributed by atoms with van der Waals surface area (Å²) in [6.45, 7) is 12.2. The van der Waals surface area contributed by atoms with Crippen molar-refractivity contribution in [2.45, 2.75) is 118 Å². The maximum absolute atomic E-state index is 12.5. The van der Waals surface area contributed by atoms with Crippen molar-refractivity contribution in [3.63, 3.8) is 0 Å². The van der Waals surface area contributed by atoms with Crippen LogP contribution in [0, 0.1) is 13.8 Å². The van der Waals surface area contributed by atoms with Gasteiger partial charge in [-0.15, -0.1) is 0 Å². The van der Waals surface area contributed by atoms with Gasteiger partial charge in [0.1, 0.15) is 11.5 Å². The number of aromatic nitrogens is 4. The number of H-pyrrole nitrogens is 2. The molecule has 344 valence electrons. The van der Waals surface area contributed by atoms with E-state index in [4.69, 9.17) is 44.4 Å². The minimum Gasteiger partial charge on any atom is -0.510 e. The van der Waals surface area contributed by atoms with Crippen molar-refractivity contribution in [3.8, 4) is 0 Å². The lowest BCUT2D eigenvalue weighted by atomic mass is 9.97. The first-order valence-corrected chi connectivity index (χ1v) is 21.7. The highest BCUT2D eigenvalue weighted by molar-refractivity contribution is 5.96. The van der Waals surface area contributed by atoms with Crippen molar-refractivity contribution < 1.29 is 30.0 Å². The Hall–Kier alpha value is -6.66. The van der Waals surface area contributed by atoms with Crippen LogP contribution in [0.1, 0.15) is 124 Å². The Kier molecular flexibility index (Phi) is 15.6. The Bertz CT molecular complexity index is 2750. The highest BCUT2D eigenvalue weighted by Crippen LogP contribution is 2.36. The molecule has 0 saturated carbocycles. The van der Waals surface area contributed by atoms with Crippen LogP contribution in [-0.2, 0) is 22.4 Å². The van der Waals surface area contributed by atoms with Crippen LogP contribution in [0.4, 0.5) is 0 Å². The molecule has 5 rings (SSSR count). The molecule has 0 aliphatic carbocycles. The molecule has 18 nitrogen and oxygen atoms in total. The number of nitrogens with one attached hydrogen (secondary N) is 2. The van der Waals surface area contributed by atoms with E-state index in [2.05, 4.69) is 20.0 Å². The number of hydrogen-bond donors (Lipinski definition) is 12. The molecule has 0 unspecified atom stereocenters. The van der Waals surface area contributed by atoms with Gasteiger partial charge < -0.3 is 64.8 Å². The van der Waals surface area contributed by atoms with E-state index in [1.807, 2.05) is 53.7 Å². The number of nitrogens with two attached hydrogens (primary N) is 6. The SMILES string of the molecule is CCC1=C(C)c2cc3[nH]c(cc4nc(c(=C(O)[C@@H](N)CCCN=C(N)N)c5[nH]c(c(C)c5CC)c(=C(O)[C@@H](N)CCCN=C(N)N)c1n2)C(C)=C4CCC(=O)O)c(CCC(=O)O)c3C. The summed E-state index contributed by atoms with van der Waals surface area (Å²) in [7, 11) is 0. The number of hydrogen-bond acceptors (Lipinski definition) is 10. The van der Waals surface area contributed by atoms with Gasteiger partial charge in [-0.1, -0.05) is 13.8 Å². The number of aliphatic imine (C=N–C) groups is 2. The second-order valence-corrected chi connectivity index (χ2v) is 16.3. The number of carboxylic acids is 2. The minimum atomic E-state index is -1.00. The third-order valence-electron chi connectivity index (χ3n) is 12.1. The fourth-order valence-corrected chi connectivity index (χ4v) is 8.63. The first kappa shape index (κ1) is 48.4. The number of carbonyl (C=O) groups is 2. The topological polar surface area (TPSA) is 353 Å². The molecule has 2 aliphatic rings. The summed E-state index contributed by atoms with van der Waals surface area (Å²) in [5.74, 6) is -2.36. The minimum absolute atomic E-state index is 0.0456. The third kappa shape index (κ3) is 10.4. The lowest BCUT2D eigenvalue weighted by Crippen LogP contribution is -2.30. The Morgan fingerprint density at radius 2 is 1.17 bits per heavy atom. The highest BCUT2D eigenvalue weighted by atomic mass is 16.4. The number of rotatable bonds is 18. The Balaban J connectivity index is 2.12. The van der Waals surface area contributed by atoms with E-state index >= 15 is 0 Å². The van der Waals surface area contributed by atoms with Gasteiger partial charge in [-0.25, -0.2) is 9.97 Å². The number of aromatic amines is 2. The van der Waals surface area contributed by atoms with Crippen LogP contribution < -0.4 is 44.8 Å². The fourth-order valence-electron chi connectivity index (χ4n) is 8.63. The van der Waals surface area contributed by atoms with Crippen LogP contribution in [0.15, 0.2) is 22.1 Å². The molecule has 3 aromatic heterocycles. The average molecular weight is 881 g/mol. The lowest BCUT2D eigenvalue weighted by molar-refractivity contribution is -0.137. The molecule has 2 atom stereocenters. The summed E-state index contributed by atoms with van der Waals surface area (Å²) in [4.78, 5) is 49.7. The van der Waals surface area contributed by atoms with Crippen LogP contribution in [0.5, 0.6) is 0 Å². The zero-order valence-corrected chi connectivity index (χ0v) is 37.7. The van der Waals surface area contributed by atoms with Gasteiger partial charge in [0.15, 0.2) is 11.9 Å². The molecule has 8 bridgehead atoms. The summed E-state index contributed by atoms with van der Waals surface area (Å²) < 4.78 is 0. The molecule has 3 aromatic rings. The summed E-state index contributed by atoms with van der Waals surface area (Å²) >= 11 is 0. The van der Waals surface area contributed by atoms with Crippen LogP contribution in [0.25, 0.3) is 55.9 Å². The molecule has 5 heterocycles. The number of aliphatic hydroxyl groups is 2. The molecular formula is C46H64N12O6. The van der Waals surface area contributed by atoms with Gasteiger partial charge in [0.2, 0.25) is 0 Å². The quantitative estimate of drug-likeness (QED) is 0.0492. The van der Waals surface area contributed by atoms with Crippen molar-refractivity contribution in [2.24, 2.45) is 44.4 Å². The standard InChI is InChI=1S/C46H64N12O6/c1-7-25-21(3)32-19-31-22(4)27(13-15-35(59)60)33(55-31)20-34-28(14-16-36(61)62)24(6)39(57-34)37(43(63)29(47)11-9-17-53-45(49)50)42-26(8-2)23(5)40(58-42)38(41(25)56-32)44(64)30(48)12-10-18-54-46(51)52/h19-20,29-30,55,58,63-64H,7-18,47-48H2,1-6H3,(H,59,60)(H,61,62)(H4,49,50,53)(H4,51,52,54)/t29-,30-/m0/s1. The van der Waals surface area contributed by atoms with Crippen molar-refractivity contribution in [2.75, 3.05) is 13.1 Å². The lowest BCUT2D eigenvalue weighted by Gasteiger charge is -2.12. The largest absolute Gasteiger partial charge is 0.510 e. The van der Waals surface area contributed by atoms with Gasteiger partial charge >= 0.3 is 11.9 Å². The number of nitrogens with zero attached hydrogens (tertiary/aromatic N) is 4. The summed E-state index contributed by atoms with van der Waals surface area (Å²) in [5.41, 5.74) is 46.3. The number of aliphatic carboxylic acids is 2. The molecule has 0 fully saturated rings. The number of fused-ring (bicyclic) bond motifs is 8. The number of aliphatic hydroxyl groups excluding tert-OH is 2. The average Bonchev–Trinajstić information content (AvgIpc) is 3.92. The first-order chi connectivity index (χ1) is 30.3. The molecule has 64 heavy (non-hydrogen) atoms. The van der Waals surface area contributed by atoms with E-state index in [9.17, 15) is 30.0 Å². The van der Waals surface area contributed by atoms with Gasteiger partial charge in [-0.2, -0.15) is 0 Å². The van der Waals surface area contributed by atoms with Gasteiger partial charge in [-0.05, 0) is 136 Å². The smallest absolute Gasteiger partial charge is 0.303 e. The number of aryl methyl sites for hydroxylation is 4. The van der Waals surface area contributed by atoms with Crippen LogP contribution in [-0.4, -0.2) is 89.4 Å².